The number of aromatic nitrogens is 4. The quantitative estimate of drug-likeness (QED) is 0.229. The summed E-state index contributed by atoms with van der Waals surface area (Å²) in [6, 6.07) is 9.02. The van der Waals surface area contributed by atoms with Crippen molar-refractivity contribution in [2.75, 3.05) is 83.6 Å². The van der Waals surface area contributed by atoms with Gasteiger partial charge in [-0.15, -0.1) is 0 Å². The van der Waals surface area contributed by atoms with Crippen LogP contribution < -0.4 is 10.2 Å². The summed E-state index contributed by atoms with van der Waals surface area (Å²) in [4.78, 5) is 17.9. The summed E-state index contributed by atoms with van der Waals surface area (Å²) < 4.78 is 45.6. The van der Waals surface area contributed by atoms with Gasteiger partial charge in [0.15, 0.2) is 5.82 Å². The number of hydrogen-bond donors (Lipinski definition) is 3. The minimum atomic E-state index is -2.78. The van der Waals surface area contributed by atoms with E-state index in [0.717, 1.165) is 25.7 Å². The number of benzene rings is 1. The lowest BCUT2D eigenvalue weighted by Gasteiger charge is -2.38. The van der Waals surface area contributed by atoms with E-state index in [9.17, 15) is 19.0 Å². The molecule has 1 aromatic carbocycles. The van der Waals surface area contributed by atoms with Gasteiger partial charge in [-0.1, -0.05) is 12.1 Å². The van der Waals surface area contributed by atoms with Crippen molar-refractivity contribution in [1.82, 2.24) is 24.4 Å². The summed E-state index contributed by atoms with van der Waals surface area (Å²) in [7, 11) is 3.12. The van der Waals surface area contributed by atoms with Gasteiger partial charge in [0, 0.05) is 59.1 Å². The molecule has 3 N–H and O–H groups in total. The smallest absolute Gasteiger partial charge is 0.296 e. The first-order chi connectivity index (χ1) is 21.9. The molecule has 12 nitrogen and oxygen atoms in total. The third-order valence-electron chi connectivity index (χ3n) is 8.54. The van der Waals surface area contributed by atoms with E-state index < -0.39 is 18.6 Å². The summed E-state index contributed by atoms with van der Waals surface area (Å²) in [6.07, 6.45) is -0.384. The first-order valence-electron chi connectivity index (χ1n) is 15.7. The molecule has 1 aliphatic carbocycles. The number of aliphatic hydroxyl groups is 2. The van der Waals surface area contributed by atoms with Crippen LogP contribution in [0.5, 0.6) is 0 Å². The maximum atomic E-state index is 14.2. The van der Waals surface area contributed by atoms with Crippen molar-refractivity contribution in [3.8, 4) is 5.82 Å². The number of fused-ring (bicyclic) bond motifs is 1. The number of para-hydroxylation sites is 2. The number of aliphatic hydroxyl groups excluding tert-OH is 2. The fourth-order valence-corrected chi connectivity index (χ4v) is 6.36. The molecule has 3 aromatic rings. The largest absolute Gasteiger partial charge is 0.389 e. The van der Waals surface area contributed by atoms with Gasteiger partial charge in [-0.05, 0) is 43.7 Å². The summed E-state index contributed by atoms with van der Waals surface area (Å²) in [5.41, 5.74) is 1.03. The number of rotatable bonds is 15. The molecule has 248 valence electrons. The minimum absolute atomic E-state index is 0.217. The Morgan fingerprint density at radius 3 is 2.24 bits per heavy atom. The van der Waals surface area contributed by atoms with E-state index in [-0.39, 0.29) is 25.1 Å². The van der Waals surface area contributed by atoms with Gasteiger partial charge in [0.1, 0.15) is 11.6 Å². The standard InChI is InChI=1S/C31H45F2N7O5/c1-43-19-23(41)17-39(18-24(42)20-44-2)22-9-7-21(8-10-22)16-34-31-36-27(38-11-13-45-14-12-38)15-28(37-31)40-26-6-4-3-5-25(26)35-30(40)29(32)33/h3-6,15,21-24,29,41-42H,7-14,16-20H2,1-2H3,(H,34,36,37). The predicted molar refractivity (Wildman–Crippen MR) is 166 cm³/mol. The molecule has 0 spiro atoms. The van der Waals surface area contributed by atoms with E-state index >= 15 is 0 Å². The normalized spacial score (nSPS) is 20.7. The van der Waals surface area contributed by atoms with Crippen LogP contribution in [0, 0.1) is 5.92 Å². The molecule has 45 heavy (non-hydrogen) atoms. The van der Waals surface area contributed by atoms with Crippen LogP contribution in [0.15, 0.2) is 30.3 Å². The molecular weight excluding hydrogens is 588 g/mol. The number of halogens is 2. The Labute approximate surface area is 262 Å². The van der Waals surface area contributed by atoms with Crippen molar-refractivity contribution in [3.05, 3.63) is 36.2 Å². The number of methoxy groups -OCH3 is 2. The van der Waals surface area contributed by atoms with E-state index in [1.165, 1.54) is 4.57 Å². The van der Waals surface area contributed by atoms with Gasteiger partial charge in [-0.25, -0.2) is 13.8 Å². The van der Waals surface area contributed by atoms with Gasteiger partial charge in [0.2, 0.25) is 5.95 Å². The zero-order valence-corrected chi connectivity index (χ0v) is 26.0. The third-order valence-corrected chi connectivity index (χ3v) is 8.54. The van der Waals surface area contributed by atoms with Gasteiger partial charge in [-0.3, -0.25) is 9.47 Å². The van der Waals surface area contributed by atoms with E-state index in [1.54, 1.807) is 44.6 Å². The lowest BCUT2D eigenvalue weighted by Crippen LogP contribution is -2.47. The van der Waals surface area contributed by atoms with Crippen molar-refractivity contribution in [3.63, 3.8) is 0 Å². The Morgan fingerprint density at radius 1 is 0.956 bits per heavy atom. The molecule has 2 fully saturated rings. The average molecular weight is 634 g/mol. The Bertz CT molecular complexity index is 1340. The van der Waals surface area contributed by atoms with Crippen LogP contribution in [0.1, 0.15) is 37.9 Å². The molecule has 1 aliphatic heterocycles. The summed E-state index contributed by atoms with van der Waals surface area (Å²) >= 11 is 0. The van der Waals surface area contributed by atoms with Crippen molar-refractivity contribution < 1.29 is 33.2 Å². The first kappa shape index (κ1) is 33.4. The molecule has 0 amide bonds. The SMILES string of the molecule is COCC(O)CN(CC(O)COC)C1CCC(CNc2nc(N3CCOCC3)cc(-n3c(C(F)F)nc4ccccc43)n2)CC1. The summed E-state index contributed by atoms with van der Waals surface area (Å²) in [5.74, 6) is 1.35. The van der Waals surface area contributed by atoms with Crippen LogP contribution in [0.25, 0.3) is 16.9 Å². The number of nitrogens with zero attached hydrogens (tertiary/aromatic N) is 6. The highest BCUT2D eigenvalue weighted by atomic mass is 19.3. The molecule has 14 heteroatoms. The van der Waals surface area contributed by atoms with E-state index in [0.29, 0.717) is 80.5 Å². The average Bonchev–Trinajstić information content (AvgIpc) is 3.45. The Balaban J connectivity index is 1.31. The molecule has 5 rings (SSSR count). The van der Waals surface area contributed by atoms with Crippen LogP contribution in [0.2, 0.25) is 0 Å². The molecule has 2 aliphatic rings. The van der Waals surface area contributed by atoms with Crippen LogP contribution in [-0.4, -0.2) is 126 Å². The predicted octanol–water partition coefficient (Wildman–Crippen LogP) is 2.88. The molecule has 0 bridgehead atoms. The highest BCUT2D eigenvalue weighted by molar-refractivity contribution is 5.78. The maximum Gasteiger partial charge on any atom is 0.296 e. The van der Waals surface area contributed by atoms with Crippen LogP contribution >= 0.6 is 0 Å². The minimum Gasteiger partial charge on any atom is -0.389 e. The second kappa shape index (κ2) is 16.0. The first-order valence-corrected chi connectivity index (χ1v) is 15.7. The van der Waals surface area contributed by atoms with Crippen molar-refractivity contribution >= 4 is 22.8 Å². The van der Waals surface area contributed by atoms with Gasteiger partial charge >= 0.3 is 0 Å². The summed E-state index contributed by atoms with van der Waals surface area (Å²) in [6.45, 7) is 4.32. The second-order valence-corrected chi connectivity index (χ2v) is 11.8. The fourth-order valence-electron chi connectivity index (χ4n) is 6.36. The van der Waals surface area contributed by atoms with Crippen molar-refractivity contribution in [2.24, 2.45) is 5.92 Å². The topological polar surface area (TPSA) is 130 Å². The molecule has 1 saturated carbocycles. The number of morpholine rings is 1. The van der Waals surface area contributed by atoms with Gasteiger partial charge < -0.3 is 34.6 Å². The second-order valence-electron chi connectivity index (χ2n) is 11.8. The summed E-state index contributed by atoms with van der Waals surface area (Å²) in [5, 5.41) is 24.2. The van der Waals surface area contributed by atoms with E-state index in [4.69, 9.17) is 24.2 Å². The number of nitrogens with one attached hydrogen (secondary N) is 1. The zero-order valence-electron chi connectivity index (χ0n) is 26.0. The molecule has 2 atom stereocenters. The molecule has 0 radical (unpaired) electrons. The number of hydrogen-bond acceptors (Lipinski definition) is 11. The lowest BCUT2D eigenvalue weighted by molar-refractivity contribution is -0.0145. The molecule has 3 heterocycles. The Hall–Kier alpha value is -3.01. The highest BCUT2D eigenvalue weighted by Crippen LogP contribution is 2.31. The Kier molecular flexibility index (Phi) is 11.9. The maximum absolute atomic E-state index is 14.2. The highest BCUT2D eigenvalue weighted by Gasteiger charge is 2.29. The van der Waals surface area contributed by atoms with Crippen molar-refractivity contribution in [1.29, 1.82) is 0 Å². The third kappa shape index (κ3) is 8.63. The fraction of sp³-hybridized carbons (Fsp3) is 0.645. The van der Waals surface area contributed by atoms with E-state index in [1.807, 2.05) is 0 Å². The molecule has 2 unspecified atom stereocenters. The monoisotopic (exact) mass is 633 g/mol. The number of imidazole rings is 1. The number of anilines is 2. The van der Waals surface area contributed by atoms with Crippen LogP contribution in [-0.2, 0) is 14.2 Å². The van der Waals surface area contributed by atoms with Crippen LogP contribution in [0.4, 0.5) is 20.5 Å². The van der Waals surface area contributed by atoms with Crippen molar-refractivity contribution in [2.45, 2.75) is 50.4 Å². The van der Waals surface area contributed by atoms with Gasteiger partial charge in [-0.2, -0.15) is 9.97 Å². The molecule has 2 aromatic heterocycles. The molecular formula is C31H45F2N7O5. The number of alkyl halides is 2. The van der Waals surface area contributed by atoms with E-state index in [2.05, 4.69) is 20.1 Å². The zero-order chi connectivity index (χ0) is 31.8. The molecule has 1 saturated heterocycles. The Morgan fingerprint density at radius 2 is 1.60 bits per heavy atom. The van der Waals surface area contributed by atoms with Gasteiger partial charge in [0.05, 0.1) is 49.7 Å². The van der Waals surface area contributed by atoms with Crippen LogP contribution in [0.3, 0.4) is 0 Å². The number of ether oxygens (including phenoxy) is 3. The lowest BCUT2D eigenvalue weighted by atomic mass is 9.85. The van der Waals surface area contributed by atoms with Gasteiger partial charge in [0.25, 0.3) is 6.43 Å².